The first kappa shape index (κ1) is 19.4. The van der Waals surface area contributed by atoms with Gasteiger partial charge in [0.1, 0.15) is 0 Å². The Morgan fingerprint density at radius 2 is 1.77 bits per heavy atom. The molecule has 6 heteroatoms. The number of aryl methyl sites for hydroxylation is 1. The third-order valence-corrected chi connectivity index (χ3v) is 8.05. The van der Waals surface area contributed by atoms with Crippen LogP contribution in [-0.4, -0.2) is 26.7 Å². The van der Waals surface area contributed by atoms with E-state index in [9.17, 15) is 8.42 Å². The quantitative estimate of drug-likeness (QED) is 0.785. The molecule has 0 spiro atoms. The largest absolute Gasteiger partial charge is 0.395 e. The number of hydrogen-bond donors (Lipinski definition) is 2. The number of aliphatic hydroxyl groups excluding tert-OH is 1. The molecule has 140 valence electrons. The molecule has 1 aliphatic heterocycles. The monoisotopic (exact) mass is 391 g/mol. The van der Waals surface area contributed by atoms with E-state index >= 15 is 0 Å². The zero-order chi connectivity index (χ0) is 18.9. The van der Waals surface area contributed by atoms with Gasteiger partial charge in [0.2, 0.25) is 10.0 Å². The van der Waals surface area contributed by atoms with Crippen LogP contribution in [0.25, 0.3) is 0 Å². The van der Waals surface area contributed by atoms with Gasteiger partial charge in [-0.15, -0.1) is 0 Å². The fourth-order valence-corrected chi connectivity index (χ4v) is 6.55. The zero-order valence-corrected chi connectivity index (χ0v) is 17.0. The highest BCUT2D eigenvalue weighted by atomic mass is 32.2. The Labute approximate surface area is 160 Å². The molecule has 0 amide bonds. The molecule has 1 aliphatic rings. The van der Waals surface area contributed by atoms with Gasteiger partial charge in [-0.1, -0.05) is 49.9 Å². The van der Waals surface area contributed by atoms with Gasteiger partial charge in [0.15, 0.2) is 0 Å². The fourth-order valence-electron chi connectivity index (χ4n) is 3.90. The molecule has 2 aromatic rings. The molecule has 0 aliphatic carbocycles. The van der Waals surface area contributed by atoms with E-state index in [0.717, 1.165) is 23.3 Å². The second-order valence-corrected chi connectivity index (χ2v) is 9.44. The molecule has 0 bridgehead atoms. The van der Waals surface area contributed by atoms with Crippen molar-refractivity contribution in [1.82, 2.24) is 4.72 Å². The number of fused-ring (bicyclic) bond motifs is 2. The van der Waals surface area contributed by atoms with Crippen molar-refractivity contribution < 1.29 is 13.5 Å². The molecule has 26 heavy (non-hydrogen) atoms. The smallest absolute Gasteiger partial charge is 0.240 e. The van der Waals surface area contributed by atoms with E-state index in [-0.39, 0.29) is 23.5 Å². The molecule has 4 nitrogen and oxygen atoms in total. The molecular weight excluding hydrogens is 366 g/mol. The first-order chi connectivity index (χ1) is 12.4. The standard InChI is InChI=1S/C20H25NO3S2/c1-4-20(5-2)15-8-6-7-9-17(15)25-18-13-19(14(3)12-16(18)20)26(23,24)21-10-11-22/h6-9,12-13,21-22H,4-5,10-11H2,1-3H3. The lowest BCUT2D eigenvalue weighted by molar-refractivity contribution is 0.301. The van der Waals surface area contributed by atoms with Crippen molar-refractivity contribution in [2.24, 2.45) is 0 Å². The number of sulfonamides is 1. The van der Waals surface area contributed by atoms with Crippen LogP contribution >= 0.6 is 11.8 Å². The minimum atomic E-state index is -3.64. The molecule has 3 rings (SSSR count). The topological polar surface area (TPSA) is 66.4 Å². The molecule has 2 aromatic carbocycles. The summed E-state index contributed by atoms with van der Waals surface area (Å²) >= 11 is 1.64. The van der Waals surface area contributed by atoms with E-state index in [1.54, 1.807) is 17.8 Å². The summed E-state index contributed by atoms with van der Waals surface area (Å²) in [4.78, 5) is 2.49. The average Bonchev–Trinajstić information content (AvgIpc) is 2.64. The van der Waals surface area contributed by atoms with Gasteiger partial charge in [-0.05, 0) is 48.6 Å². The van der Waals surface area contributed by atoms with Crippen molar-refractivity contribution in [1.29, 1.82) is 0 Å². The molecule has 0 atom stereocenters. The third-order valence-electron chi connectivity index (χ3n) is 5.32. The van der Waals surface area contributed by atoms with Gasteiger partial charge >= 0.3 is 0 Å². The number of rotatable bonds is 6. The summed E-state index contributed by atoms with van der Waals surface area (Å²) in [5.41, 5.74) is 3.18. The molecule has 0 radical (unpaired) electrons. The average molecular weight is 392 g/mol. The maximum atomic E-state index is 12.6. The van der Waals surface area contributed by atoms with Gasteiger partial charge in [0, 0.05) is 21.8 Å². The second kappa shape index (κ2) is 7.35. The SMILES string of the molecule is CCC1(CC)c2ccccc2Sc2cc(S(=O)(=O)NCCO)c(C)cc21. The van der Waals surface area contributed by atoms with Crippen LogP contribution in [0.2, 0.25) is 0 Å². The lowest BCUT2D eigenvalue weighted by Gasteiger charge is -2.40. The normalized spacial score (nSPS) is 15.4. The van der Waals surface area contributed by atoms with E-state index in [2.05, 4.69) is 36.8 Å². The Hall–Kier alpha value is -1.34. The summed E-state index contributed by atoms with van der Waals surface area (Å²) in [7, 11) is -3.64. The van der Waals surface area contributed by atoms with Crippen LogP contribution in [0, 0.1) is 6.92 Å². The summed E-state index contributed by atoms with van der Waals surface area (Å²) in [6.07, 6.45) is 1.92. The first-order valence-electron chi connectivity index (χ1n) is 8.92. The predicted molar refractivity (Wildman–Crippen MR) is 105 cm³/mol. The van der Waals surface area contributed by atoms with E-state index < -0.39 is 10.0 Å². The second-order valence-electron chi connectivity index (χ2n) is 6.62. The lowest BCUT2D eigenvalue weighted by Crippen LogP contribution is -2.31. The van der Waals surface area contributed by atoms with Crippen LogP contribution in [0.5, 0.6) is 0 Å². The van der Waals surface area contributed by atoms with Gasteiger partial charge in [-0.3, -0.25) is 0 Å². The van der Waals surface area contributed by atoms with Crippen LogP contribution in [-0.2, 0) is 15.4 Å². The van der Waals surface area contributed by atoms with Crippen LogP contribution in [0.15, 0.2) is 51.1 Å². The van der Waals surface area contributed by atoms with Gasteiger partial charge in [0.25, 0.3) is 0 Å². The van der Waals surface area contributed by atoms with Crippen LogP contribution in [0.4, 0.5) is 0 Å². The number of benzene rings is 2. The number of aliphatic hydroxyl groups is 1. The van der Waals surface area contributed by atoms with Crippen molar-refractivity contribution in [2.75, 3.05) is 13.2 Å². The van der Waals surface area contributed by atoms with Crippen molar-refractivity contribution in [3.05, 3.63) is 53.1 Å². The van der Waals surface area contributed by atoms with E-state index in [0.29, 0.717) is 0 Å². The van der Waals surface area contributed by atoms with E-state index in [1.807, 2.05) is 19.1 Å². The number of hydrogen-bond acceptors (Lipinski definition) is 4. The molecule has 0 fully saturated rings. The lowest BCUT2D eigenvalue weighted by atomic mass is 9.70. The molecule has 0 unspecified atom stereocenters. The zero-order valence-electron chi connectivity index (χ0n) is 15.4. The maximum Gasteiger partial charge on any atom is 0.240 e. The predicted octanol–water partition coefficient (Wildman–Crippen LogP) is 3.84. The summed E-state index contributed by atoms with van der Waals surface area (Å²) in [6.45, 7) is 6.03. The van der Waals surface area contributed by atoms with Crippen molar-refractivity contribution in [2.45, 2.75) is 53.7 Å². The third kappa shape index (κ3) is 3.09. The Bertz CT molecular complexity index is 919. The van der Waals surface area contributed by atoms with Crippen molar-refractivity contribution >= 4 is 21.8 Å². The molecule has 0 aromatic heterocycles. The first-order valence-corrected chi connectivity index (χ1v) is 11.2. The highest BCUT2D eigenvalue weighted by Gasteiger charge is 2.39. The minimum Gasteiger partial charge on any atom is -0.395 e. The molecule has 0 saturated heterocycles. The van der Waals surface area contributed by atoms with Crippen LogP contribution in [0.1, 0.15) is 43.4 Å². The minimum absolute atomic E-state index is 0.0166. The summed E-state index contributed by atoms with van der Waals surface area (Å²) in [5.74, 6) is 0. The fraction of sp³-hybridized carbons (Fsp3) is 0.400. The Morgan fingerprint density at radius 3 is 2.42 bits per heavy atom. The summed E-state index contributed by atoms with van der Waals surface area (Å²) in [5, 5.41) is 8.95. The molecule has 0 saturated carbocycles. The highest BCUT2D eigenvalue weighted by Crippen LogP contribution is 2.53. The Morgan fingerprint density at radius 1 is 1.08 bits per heavy atom. The van der Waals surface area contributed by atoms with E-state index in [4.69, 9.17) is 5.11 Å². The van der Waals surface area contributed by atoms with Crippen LogP contribution < -0.4 is 4.72 Å². The van der Waals surface area contributed by atoms with Crippen molar-refractivity contribution in [3.63, 3.8) is 0 Å². The van der Waals surface area contributed by atoms with Gasteiger partial charge in [-0.2, -0.15) is 0 Å². The van der Waals surface area contributed by atoms with Crippen molar-refractivity contribution in [3.8, 4) is 0 Å². The van der Waals surface area contributed by atoms with E-state index in [1.165, 1.54) is 16.0 Å². The maximum absolute atomic E-state index is 12.6. The van der Waals surface area contributed by atoms with Gasteiger partial charge in [0.05, 0.1) is 11.5 Å². The molecule has 2 N–H and O–H groups in total. The summed E-state index contributed by atoms with van der Waals surface area (Å²) < 4.78 is 27.7. The summed E-state index contributed by atoms with van der Waals surface area (Å²) in [6, 6.07) is 12.3. The number of nitrogens with one attached hydrogen (secondary N) is 1. The molecule has 1 heterocycles. The highest BCUT2D eigenvalue weighted by molar-refractivity contribution is 7.99. The Balaban J connectivity index is 2.20. The molecular formula is C20H25NO3S2. The van der Waals surface area contributed by atoms with Gasteiger partial charge < -0.3 is 5.11 Å². The van der Waals surface area contributed by atoms with Gasteiger partial charge in [-0.25, -0.2) is 13.1 Å². The Kier molecular flexibility index (Phi) is 5.49. The van der Waals surface area contributed by atoms with Crippen LogP contribution in [0.3, 0.4) is 0 Å².